The second-order valence-corrected chi connectivity index (χ2v) is 33.7. The number of rotatable bonds is 16. The molecule has 14 unspecified atom stereocenters. The average Bonchev–Trinajstić information content (AvgIpc) is 1.66. The summed E-state index contributed by atoms with van der Waals surface area (Å²) in [7, 11) is 8.02. The molecule has 0 aromatic heterocycles. The lowest BCUT2D eigenvalue weighted by atomic mass is 10.00. The van der Waals surface area contributed by atoms with Crippen molar-refractivity contribution >= 4 is 131 Å². The Labute approximate surface area is 738 Å². The van der Waals surface area contributed by atoms with Crippen LogP contribution in [0.1, 0.15) is 180 Å². The lowest BCUT2D eigenvalue weighted by Gasteiger charge is -2.48. The minimum Gasteiger partial charge on any atom is -0.317 e. The molecular formula is C87H136N16O18S3. The Kier molecular flexibility index (Phi) is 46.0. The Morgan fingerprint density at radius 2 is 0.774 bits per heavy atom. The fourth-order valence-corrected chi connectivity index (χ4v) is 18.5. The topological polar surface area (TPSA) is 404 Å². The highest BCUT2D eigenvalue weighted by Gasteiger charge is 2.47. The minimum atomic E-state index is -3.60. The summed E-state index contributed by atoms with van der Waals surface area (Å²) < 4.78 is 56.3. The summed E-state index contributed by atoms with van der Waals surface area (Å²) in [5, 5.41) is 24.7. The van der Waals surface area contributed by atoms with Crippen LogP contribution in [0.15, 0.2) is 112 Å². The number of fused-ring (bicyclic) bond motifs is 6. The van der Waals surface area contributed by atoms with E-state index in [-0.39, 0.29) is 105 Å². The zero-order chi connectivity index (χ0) is 94.2. The van der Waals surface area contributed by atoms with Gasteiger partial charge in [-0.3, -0.25) is 112 Å². The number of hydrazine groups is 2. The van der Waals surface area contributed by atoms with Crippen molar-refractivity contribution in [1.29, 1.82) is 0 Å². The molecule has 0 saturated carbocycles. The van der Waals surface area contributed by atoms with Crippen molar-refractivity contribution in [3.05, 3.63) is 103 Å². The number of nitrogens with zero attached hydrogens (tertiary/aromatic N) is 10. The first-order valence-electron chi connectivity index (χ1n) is 42.5. The molecule has 4 saturated heterocycles. The summed E-state index contributed by atoms with van der Waals surface area (Å²) in [5.41, 5.74) is 2.12. The van der Waals surface area contributed by atoms with E-state index in [1.807, 2.05) is 67.4 Å². The molecule has 4 aromatic rings. The third-order valence-electron chi connectivity index (χ3n) is 21.6. The van der Waals surface area contributed by atoms with E-state index in [1.165, 1.54) is 76.7 Å². The number of carbonyl (C=O) groups is 13. The number of likely N-dealkylation sites (N-methyl/N-ethyl adjacent to an activating group) is 8. The maximum absolute atomic E-state index is 12.8. The molecule has 0 spiro atoms. The van der Waals surface area contributed by atoms with Crippen LogP contribution in [0.4, 0.5) is 22.7 Å². The Morgan fingerprint density at radius 3 is 1.21 bits per heavy atom. The minimum absolute atomic E-state index is 0.0497. The van der Waals surface area contributed by atoms with Gasteiger partial charge in [-0.1, -0.05) is 104 Å². The van der Waals surface area contributed by atoms with Crippen molar-refractivity contribution in [2.24, 2.45) is 0 Å². The molecule has 0 radical (unpaired) electrons. The van der Waals surface area contributed by atoms with Crippen LogP contribution >= 0.6 is 0 Å². The van der Waals surface area contributed by atoms with Gasteiger partial charge in [-0.15, -0.1) is 0 Å². The summed E-state index contributed by atoms with van der Waals surface area (Å²) in [4.78, 5) is 166. The Balaban J connectivity index is 0.000000378. The van der Waals surface area contributed by atoms with Gasteiger partial charge in [0.1, 0.15) is 29.1 Å². The van der Waals surface area contributed by atoms with Crippen LogP contribution < -0.4 is 51.5 Å². The number of hydrogen-bond donors (Lipinski definition) is 6. The van der Waals surface area contributed by atoms with E-state index in [0.717, 1.165) is 71.1 Å². The molecule has 34 nitrogen and oxygen atoms in total. The van der Waals surface area contributed by atoms with Gasteiger partial charge >= 0.3 is 0 Å². The van der Waals surface area contributed by atoms with Crippen LogP contribution in [-0.4, -0.2) is 283 Å². The van der Waals surface area contributed by atoms with Crippen LogP contribution in [0.5, 0.6) is 0 Å². The Morgan fingerprint density at radius 1 is 0.411 bits per heavy atom. The van der Waals surface area contributed by atoms with E-state index in [4.69, 9.17) is 4.18 Å². The molecule has 4 aromatic carbocycles. The monoisotopic (exact) mass is 1790 g/mol. The molecule has 0 aliphatic carbocycles. The van der Waals surface area contributed by atoms with Crippen molar-refractivity contribution in [1.82, 2.24) is 61.1 Å². The fraction of sp³-hybridized carbons (Fsp3) is 0.575. The summed E-state index contributed by atoms with van der Waals surface area (Å²) >= 11 is -1.77. The normalized spacial score (nSPS) is 23.7. The number of ketones is 6. The predicted molar refractivity (Wildman–Crippen MR) is 483 cm³/mol. The van der Waals surface area contributed by atoms with Gasteiger partial charge in [-0.2, -0.15) is 4.31 Å². The summed E-state index contributed by atoms with van der Waals surface area (Å²) in [6, 6.07) is 22.6. The first-order valence-corrected chi connectivity index (χ1v) is 46.3. The first-order chi connectivity index (χ1) is 58.8. The number of sulfone groups is 1. The largest absolute Gasteiger partial charge is 0.317 e. The van der Waals surface area contributed by atoms with Crippen LogP contribution in [-0.2, 0) is 93.6 Å². The van der Waals surface area contributed by atoms with Crippen LogP contribution in [0.3, 0.4) is 0 Å². The highest BCUT2D eigenvalue weighted by molar-refractivity contribution is 7.91. The molecule has 37 heteroatoms. The number of carbonyl (C=O) groups excluding carboxylic acids is 13. The van der Waals surface area contributed by atoms with Gasteiger partial charge in [-0.05, 0) is 205 Å². The molecule has 7 amide bonds. The highest BCUT2D eigenvalue weighted by Crippen LogP contribution is 2.36. The highest BCUT2D eigenvalue weighted by atomic mass is 32.2. The number of nitrogens with one attached hydrogen (secondary N) is 6. The van der Waals surface area contributed by atoms with E-state index in [9.17, 15) is 79.2 Å². The Hall–Kier alpha value is -8.96. The third kappa shape index (κ3) is 26.1. The number of Topliss-reactive ketones (excluding diaryl/α,β-unsaturated/α-hetero) is 6. The average molecular weight is 1790 g/mol. The van der Waals surface area contributed by atoms with Crippen molar-refractivity contribution < 1.29 is 83.3 Å². The van der Waals surface area contributed by atoms with E-state index in [0.29, 0.717) is 32.4 Å². The molecule has 6 N–H and O–H groups in total. The van der Waals surface area contributed by atoms with Crippen LogP contribution in [0.25, 0.3) is 0 Å². The molecule has 124 heavy (non-hydrogen) atoms. The van der Waals surface area contributed by atoms with Gasteiger partial charge < -0.3 is 20.9 Å². The standard InChI is InChI=1S/C15H19N3O3.C14H19N3O3S.C14H18N2O4S.C13H16N2O4S.C12H21N3O2.C11H19N3O2.4C2H6/c1-9(10(2)19)18-12-8-6-5-7-11(12)14(20)17(4)13(16-3)15(18)21;1-9(10(2)18)17-11-7-5-6-8-12(11)21(20)16(4)13(15-3)14(17)19;1-9(10(2)17)16-12-6-4-5-7-13(12)21(19,20)8-11(15-3)14(16)18;1-8(9(2)16)15-10-6-4-5-7-11(10)20(18)19-12(14-3)13(15)17;1-9(16)11-6-4-8-14-7-3-5-10(13-2)12(17)15(11)14;1-8(15)10-4-3-6-13-7-5-9(12-2)11(16)14(10)13;4*1-2/h5-9,13,16H,1-4H3;5-9,13,15H,1-4H3;4-7,9,11,15H,8H2,1-3H3;4-8,12,14H,1-3H3;10-11,13H,3-8H2,1-2H3;9-10,12H,3-7H2,1-2H3;4*1-2H3. The van der Waals surface area contributed by atoms with Crippen molar-refractivity contribution in [2.75, 3.05) is 108 Å². The van der Waals surface area contributed by atoms with E-state index >= 15 is 0 Å². The molecule has 8 aliphatic heterocycles. The van der Waals surface area contributed by atoms with E-state index < -0.39 is 92.5 Å². The maximum atomic E-state index is 12.8. The molecule has 690 valence electrons. The molecule has 12 rings (SSSR count). The third-order valence-corrected chi connectivity index (χ3v) is 25.9. The molecular weight excluding hydrogens is 1650 g/mol. The smallest absolute Gasteiger partial charge is 0.273 e. The van der Waals surface area contributed by atoms with Gasteiger partial charge in [0.2, 0.25) is 12.1 Å². The predicted octanol–water partition coefficient (Wildman–Crippen LogP) is 6.15. The fourth-order valence-electron chi connectivity index (χ4n) is 14.6. The maximum Gasteiger partial charge on any atom is 0.273 e. The molecule has 8 aliphatic rings. The van der Waals surface area contributed by atoms with E-state index in [2.05, 4.69) is 36.9 Å². The molecule has 0 bridgehead atoms. The van der Waals surface area contributed by atoms with Crippen molar-refractivity contribution in [3.8, 4) is 0 Å². The first kappa shape index (κ1) is 109. The second-order valence-electron chi connectivity index (χ2n) is 29.0. The number of anilines is 4. The number of hydrogen-bond acceptors (Lipinski definition) is 26. The number of benzene rings is 4. The summed E-state index contributed by atoms with van der Waals surface area (Å²) in [6.45, 7) is 35.0. The van der Waals surface area contributed by atoms with Crippen molar-refractivity contribution in [3.63, 3.8) is 0 Å². The number of amides is 7. The lowest BCUT2D eigenvalue weighted by molar-refractivity contribution is -0.175. The lowest BCUT2D eigenvalue weighted by Crippen LogP contribution is -2.65. The van der Waals surface area contributed by atoms with E-state index in [1.54, 1.807) is 178 Å². The SMILES string of the molecule is CC.CC.CC.CC.CNC1C(=O)N(C(C)C(C)=O)c2ccccc2C(=O)N1C.CNC1C(=O)N(C(C)C(C)=O)c2ccccc2S(=O)N1C.CNC1CCCN2CCCC(C(C)=O)N2C1=O.CNC1CCN2CCCC(C(C)=O)N2C1=O.CNC1CS(=O)(=O)c2ccccc2N(C(C)C(C)=O)C1=O.CNC1OS(=O)c2ccccc2N(C(C)C(C)=O)C1=O. The van der Waals surface area contributed by atoms with Gasteiger partial charge in [0.25, 0.3) is 35.4 Å². The quantitative estimate of drug-likeness (QED) is 0.0732. The van der Waals surface area contributed by atoms with Gasteiger partial charge in [0.05, 0.1) is 85.0 Å². The summed E-state index contributed by atoms with van der Waals surface area (Å²) in [6.07, 6.45) is 3.68. The molecule has 8 heterocycles. The second kappa shape index (κ2) is 52.2. The van der Waals surface area contributed by atoms with Gasteiger partial charge in [0, 0.05) is 40.3 Å². The number of para-hydroxylation sites is 4. The molecule has 14 atom stereocenters. The van der Waals surface area contributed by atoms with Crippen molar-refractivity contribution in [2.45, 2.75) is 257 Å². The summed E-state index contributed by atoms with van der Waals surface area (Å²) in [5.74, 6) is -2.34. The van der Waals surface area contributed by atoms with Gasteiger partial charge in [0.15, 0.2) is 67.9 Å². The van der Waals surface area contributed by atoms with Gasteiger partial charge in [-0.25, -0.2) is 26.9 Å². The Bertz CT molecular complexity index is 4400. The molecule has 4 fully saturated rings. The zero-order valence-electron chi connectivity index (χ0n) is 77.2. The van der Waals surface area contributed by atoms with Crippen LogP contribution in [0, 0.1) is 0 Å². The zero-order valence-corrected chi connectivity index (χ0v) is 79.6. The van der Waals surface area contributed by atoms with Crippen LogP contribution in [0.2, 0.25) is 0 Å².